The van der Waals surface area contributed by atoms with Crippen LogP contribution in [0.2, 0.25) is 0 Å². The predicted octanol–water partition coefficient (Wildman–Crippen LogP) is 2.57. The molecular weight excluding hydrogens is 208 g/mol. The molecule has 1 aliphatic rings. The van der Waals surface area contributed by atoms with Gasteiger partial charge in [0, 0.05) is 32.2 Å². The topological polar surface area (TPSA) is 15.3 Å². The van der Waals surface area contributed by atoms with E-state index in [1.165, 1.54) is 30.5 Å². The van der Waals surface area contributed by atoms with Gasteiger partial charge >= 0.3 is 0 Å². The molecule has 1 fully saturated rings. The van der Waals surface area contributed by atoms with Crippen LogP contribution in [0.4, 0.5) is 0 Å². The molecule has 2 nitrogen and oxygen atoms in total. The highest BCUT2D eigenvalue weighted by Crippen LogP contribution is 2.14. The Bertz CT molecular complexity index is 347. The number of aryl methyl sites for hydroxylation is 1. The van der Waals surface area contributed by atoms with Gasteiger partial charge in [-0.15, -0.1) is 0 Å². The normalized spacial score (nSPS) is 21.6. The second-order valence-electron chi connectivity index (χ2n) is 5.11. The quantitative estimate of drug-likeness (QED) is 0.858. The van der Waals surface area contributed by atoms with Crippen LogP contribution in [0.25, 0.3) is 0 Å². The predicted molar refractivity (Wildman–Crippen MR) is 73.2 cm³/mol. The summed E-state index contributed by atoms with van der Waals surface area (Å²) >= 11 is 0. The average Bonchev–Trinajstić information content (AvgIpc) is 2.32. The van der Waals surface area contributed by atoms with Crippen molar-refractivity contribution in [3.63, 3.8) is 0 Å². The third-order valence-corrected chi connectivity index (χ3v) is 3.56. The van der Waals surface area contributed by atoms with E-state index >= 15 is 0 Å². The monoisotopic (exact) mass is 232 g/mol. The van der Waals surface area contributed by atoms with Crippen molar-refractivity contribution >= 4 is 0 Å². The molecule has 0 amide bonds. The molecule has 2 rings (SSSR count). The van der Waals surface area contributed by atoms with Gasteiger partial charge in [0.15, 0.2) is 0 Å². The lowest BCUT2D eigenvalue weighted by atomic mass is 10.1. The molecular formula is C15H24N2. The Balaban J connectivity index is 2.00. The third kappa shape index (κ3) is 3.55. The number of benzene rings is 1. The molecule has 1 saturated heterocycles. The zero-order chi connectivity index (χ0) is 12.1. The van der Waals surface area contributed by atoms with Crippen LogP contribution in [0.5, 0.6) is 0 Å². The van der Waals surface area contributed by atoms with E-state index in [0.717, 1.165) is 19.6 Å². The Hall–Kier alpha value is -0.860. The largest absolute Gasteiger partial charge is 0.314 e. The first-order valence-electron chi connectivity index (χ1n) is 6.80. The van der Waals surface area contributed by atoms with Gasteiger partial charge < -0.3 is 5.32 Å². The number of nitrogens with one attached hydrogen (secondary N) is 1. The minimum absolute atomic E-state index is 0.717. The second-order valence-corrected chi connectivity index (χ2v) is 5.11. The fraction of sp³-hybridized carbons (Fsp3) is 0.600. The van der Waals surface area contributed by atoms with Gasteiger partial charge in [-0.05, 0) is 18.9 Å². The zero-order valence-electron chi connectivity index (χ0n) is 11.1. The van der Waals surface area contributed by atoms with Gasteiger partial charge in [-0.3, -0.25) is 4.90 Å². The van der Waals surface area contributed by atoms with E-state index in [4.69, 9.17) is 0 Å². The van der Waals surface area contributed by atoms with E-state index in [1.807, 2.05) is 0 Å². The fourth-order valence-corrected chi connectivity index (χ4v) is 2.67. The summed E-state index contributed by atoms with van der Waals surface area (Å²) in [6.07, 6.45) is 2.58. The van der Waals surface area contributed by atoms with Gasteiger partial charge in [-0.1, -0.05) is 43.2 Å². The van der Waals surface area contributed by atoms with Crippen molar-refractivity contribution in [1.82, 2.24) is 10.2 Å². The van der Waals surface area contributed by atoms with Crippen LogP contribution in [0, 0.1) is 6.92 Å². The molecule has 0 bridgehead atoms. The van der Waals surface area contributed by atoms with Crippen LogP contribution in [0.15, 0.2) is 24.3 Å². The second kappa shape index (κ2) is 6.18. The maximum Gasteiger partial charge on any atom is 0.0237 e. The molecule has 0 radical (unpaired) electrons. The van der Waals surface area contributed by atoms with Crippen molar-refractivity contribution in [3.05, 3.63) is 35.4 Å². The number of hydrogen-bond acceptors (Lipinski definition) is 2. The summed E-state index contributed by atoms with van der Waals surface area (Å²) in [5, 5.41) is 3.51. The number of hydrogen-bond donors (Lipinski definition) is 1. The van der Waals surface area contributed by atoms with E-state index in [2.05, 4.69) is 48.3 Å². The molecule has 1 aromatic carbocycles. The van der Waals surface area contributed by atoms with E-state index in [-0.39, 0.29) is 0 Å². The van der Waals surface area contributed by atoms with Crippen LogP contribution in [-0.2, 0) is 6.54 Å². The molecule has 0 aromatic heterocycles. The summed E-state index contributed by atoms with van der Waals surface area (Å²) in [6.45, 7) is 9.02. The van der Waals surface area contributed by atoms with Crippen molar-refractivity contribution in [3.8, 4) is 0 Å². The van der Waals surface area contributed by atoms with E-state index in [0.29, 0.717) is 6.04 Å². The Morgan fingerprint density at radius 1 is 1.41 bits per heavy atom. The average molecular weight is 232 g/mol. The summed E-state index contributed by atoms with van der Waals surface area (Å²) in [5.74, 6) is 0. The number of piperazine rings is 1. The SMILES string of the molecule is CCCC1CNCCN1Cc1cccc(C)c1. The van der Waals surface area contributed by atoms with Crippen molar-refractivity contribution in [1.29, 1.82) is 0 Å². The molecule has 2 heteroatoms. The minimum atomic E-state index is 0.717. The Labute approximate surface area is 105 Å². The summed E-state index contributed by atoms with van der Waals surface area (Å²) in [5.41, 5.74) is 2.82. The Kier molecular flexibility index (Phi) is 4.57. The molecule has 1 aliphatic heterocycles. The van der Waals surface area contributed by atoms with Gasteiger partial charge in [0.25, 0.3) is 0 Å². The van der Waals surface area contributed by atoms with Gasteiger partial charge in [0.2, 0.25) is 0 Å². The smallest absolute Gasteiger partial charge is 0.0237 e. The zero-order valence-corrected chi connectivity index (χ0v) is 11.1. The van der Waals surface area contributed by atoms with Crippen LogP contribution in [0.3, 0.4) is 0 Å². The van der Waals surface area contributed by atoms with Gasteiger partial charge in [-0.2, -0.15) is 0 Å². The lowest BCUT2D eigenvalue weighted by Crippen LogP contribution is -2.50. The fourth-order valence-electron chi connectivity index (χ4n) is 2.67. The molecule has 1 heterocycles. The first-order valence-corrected chi connectivity index (χ1v) is 6.80. The van der Waals surface area contributed by atoms with Gasteiger partial charge in [0.1, 0.15) is 0 Å². The maximum atomic E-state index is 3.51. The molecule has 17 heavy (non-hydrogen) atoms. The van der Waals surface area contributed by atoms with E-state index in [1.54, 1.807) is 0 Å². The molecule has 94 valence electrons. The maximum absolute atomic E-state index is 3.51. The Morgan fingerprint density at radius 2 is 2.29 bits per heavy atom. The van der Waals surface area contributed by atoms with Gasteiger partial charge in [-0.25, -0.2) is 0 Å². The van der Waals surface area contributed by atoms with Crippen LogP contribution in [0.1, 0.15) is 30.9 Å². The van der Waals surface area contributed by atoms with Crippen LogP contribution in [-0.4, -0.2) is 30.6 Å². The summed E-state index contributed by atoms with van der Waals surface area (Å²) in [7, 11) is 0. The molecule has 1 aromatic rings. The van der Waals surface area contributed by atoms with Crippen LogP contribution < -0.4 is 5.32 Å². The molecule has 1 atom stereocenters. The van der Waals surface area contributed by atoms with Crippen LogP contribution >= 0.6 is 0 Å². The minimum Gasteiger partial charge on any atom is -0.314 e. The summed E-state index contributed by atoms with van der Waals surface area (Å²) in [4.78, 5) is 2.63. The summed E-state index contributed by atoms with van der Waals surface area (Å²) in [6, 6.07) is 9.62. The lowest BCUT2D eigenvalue weighted by Gasteiger charge is -2.36. The first kappa shape index (κ1) is 12.6. The summed E-state index contributed by atoms with van der Waals surface area (Å²) < 4.78 is 0. The molecule has 1 unspecified atom stereocenters. The highest BCUT2D eigenvalue weighted by Gasteiger charge is 2.20. The molecule has 0 aliphatic carbocycles. The molecule has 0 saturated carbocycles. The van der Waals surface area contributed by atoms with Crippen molar-refractivity contribution < 1.29 is 0 Å². The van der Waals surface area contributed by atoms with E-state index in [9.17, 15) is 0 Å². The van der Waals surface area contributed by atoms with Gasteiger partial charge in [0.05, 0.1) is 0 Å². The van der Waals surface area contributed by atoms with Crippen molar-refractivity contribution in [2.75, 3.05) is 19.6 Å². The molecule has 0 spiro atoms. The Morgan fingerprint density at radius 3 is 3.06 bits per heavy atom. The molecule has 1 N–H and O–H groups in total. The highest BCUT2D eigenvalue weighted by molar-refractivity contribution is 5.22. The number of nitrogens with zero attached hydrogens (tertiary/aromatic N) is 1. The third-order valence-electron chi connectivity index (χ3n) is 3.56. The van der Waals surface area contributed by atoms with Crippen molar-refractivity contribution in [2.45, 2.75) is 39.3 Å². The highest BCUT2D eigenvalue weighted by atomic mass is 15.2. The van der Waals surface area contributed by atoms with Crippen molar-refractivity contribution in [2.24, 2.45) is 0 Å². The number of rotatable bonds is 4. The lowest BCUT2D eigenvalue weighted by molar-refractivity contribution is 0.144. The first-order chi connectivity index (χ1) is 8.29. The van der Waals surface area contributed by atoms with E-state index < -0.39 is 0 Å². The standard InChI is InChI=1S/C15H24N2/c1-3-5-15-11-16-8-9-17(15)12-14-7-4-6-13(2)10-14/h4,6-7,10,15-16H,3,5,8-9,11-12H2,1-2H3.